The van der Waals surface area contributed by atoms with Crippen molar-refractivity contribution in [3.63, 3.8) is 0 Å². The molecule has 14 nitrogen and oxygen atoms in total. The molecule has 9 rings (SSSR count). The van der Waals surface area contributed by atoms with E-state index in [-0.39, 0.29) is 116 Å². The van der Waals surface area contributed by atoms with E-state index in [0.717, 1.165) is 88.7 Å². The first-order valence-corrected chi connectivity index (χ1v) is 47.2. The first-order chi connectivity index (χ1) is 50.1. The number of phenolic OH excluding ortho intramolecular Hbond substituents is 1. The molecule has 0 saturated carbocycles. The van der Waals surface area contributed by atoms with E-state index in [4.69, 9.17) is 32.5 Å². The fourth-order valence-electron chi connectivity index (χ4n) is 16.8. The summed E-state index contributed by atoms with van der Waals surface area (Å²) in [6, 6.07) is 13.2. The highest BCUT2D eigenvalue weighted by molar-refractivity contribution is 6.75. The summed E-state index contributed by atoms with van der Waals surface area (Å²) in [6.07, 6.45) is 28.5. The number of ketones is 2. The molecule has 0 unspecified atom stereocenters. The zero-order valence-electron chi connectivity index (χ0n) is 73.4. The number of fused-ring (bicyclic) bond motifs is 9. The molecule has 0 fully saturated rings. The van der Waals surface area contributed by atoms with Gasteiger partial charge in [-0.15, -0.1) is 0 Å². The third-order valence-corrected chi connectivity index (χ3v) is 34.7. The van der Waals surface area contributed by atoms with E-state index in [1.165, 1.54) is 101 Å². The predicted octanol–water partition coefficient (Wildman–Crippen LogP) is 20.4. The van der Waals surface area contributed by atoms with Crippen LogP contribution in [0, 0.1) is 17.8 Å². The number of aliphatic carboxylic acids is 1. The molecule has 616 valence electrons. The number of benzene rings is 3. The van der Waals surface area contributed by atoms with Crippen molar-refractivity contribution in [3.05, 3.63) is 105 Å². The molecule has 3 aliphatic carbocycles. The third kappa shape index (κ3) is 23.4. The van der Waals surface area contributed by atoms with Gasteiger partial charge in [0.05, 0.1) is 7.11 Å². The average molecular weight is 1570 g/mol. The molecular formula is C92H150ClNO13Si2. The van der Waals surface area contributed by atoms with E-state index >= 15 is 0 Å². The molecule has 0 radical (unpaired) electrons. The van der Waals surface area contributed by atoms with Crippen molar-refractivity contribution < 1.29 is 80.3 Å². The van der Waals surface area contributed by atoms with Gasteiger partial charge in [-0.1, -0.05) is 199 Å². The number of phenols is 1. The number of carbonyl (C=O) groups excluding carboxylic acids is 2. The standard InChI is InChI=1S/C33H54O4Si.C31H50O4Si.C27H40O4.CH6NO.ClH/c1-12-13-14-15-18-32(5,6)24-20-28-30(29(21-24)37-38(10,11)31(2,3)4)25-19-23(27(34)22-35-9)16-17-26(25)33(7,8)36-28;1-11-12-13-14-17-30(5,6)22-19-25-27(26(20-22)35-36(9,10)29(2,3)4)23-18-21(28(32)33)15-16-24(23)31(7,8)34-25;1-7-8-9-10-13-26(2,3)19-15-22(28)25-20-14-18(23(29)17-30-6)11-12-21(20)27(4,5)31-24(25)16-19;1-3-2;/h16,20-21,25-26H,12-15,17-19,22H2,1-11H3;15,19-20,23-24H,11-14,16-18H2,1-10H3,(H,32,33);11,15-16,20-21,28H,7-10,12-14,17H2,1-6H3;1-2H3;1H/q;;;+1;/p-1/t25-,26-;23-,24-;20-,21-;;/m111../s1. The smallest absolute Gasteiger partial charge is 0.331 e. The maximum absolute atomic E-state index is 12.9. The number of aromatic hydroxyl groups is 1. The van der Waals surface area contributed by atoms with E-state index in [1.807, 2.05) is 18.2 Å². The Hall–Kier alpha value is -4.95. The Morgan fingerprint density at radius 2 is 0.752 bits per heavy atom. The second-order valence-electron chi connectivity index (χ2n) is 39.1. The van der Waals surface area contributed by atoms with Crippen molar-refractivity contribution in [2.45, 2.75) is 367 Å². The minimum Gasteiger partial charge on any atom is -1.00 e. The largest absolute Gasteiger partial charge is 1.00 e. The van der Waals surface area contributed by atoms with Crippen molar-refractivity contribution in [2.75, 3.05) is 34.5 Å². The number of carboxylic acids is 1. The number of carbonyl (C=O) groups is 3. The fraction of sp³-hybridized carbons (Fsp3) is 0.707. The lowest BCUT2D eigenvalue weighted by molar-refractivity contribution is -0.679. The molecule has 0 saturated heterocycles. The molecule has 0 bridgehead atoms. The highest BCUT2D eigenvalue weighted by Gasteiger charge is 2.52. The van der Waals surface area contributed by atoms with Crippen LogP contribution in [0.1, 0.15) is 331 Å². The number of carboxylic acid groups (broad SMARTS) is 1. The monoisotopic (exact) mass is 1570 g/mol. The van der Waals surface area contributed by atoms with Gasteiger partial charge in [-0.05, 0) is 216 Å². The van der Waals surface area contributed by atoms with Crippen molar-refractivity contribution >= 4 is 34.2 Å². The number of unbranched alkanes of at least 4 members (excludes halogenated alkanes) is 9. The summed E-state index contributed by atoms with van der Waals surface area (Å²) < 4.78 is 44.5. The van der Waals surface area contributed by atoms with Crippen LogP contribution < -0.4 is 41.4 Å². The van der Waals surface area contributed by atoms with Crippen LogP contribution in [0.3, 0.4) is 0 Å². The number of Topliss-reactive ketones (excluding diaryl/α,β-unsaturated/α-hetero) is 2. The molecule has 6 atom stereocenters. The fourth-order valence-corrected chi connectivity index (χ4v) is 18.9. The number of halogens is 1. The van der Waals surface area contributed by atoms with Crippen molar-refractivity contribution in [3.8, 4) is 34.5 Å². The SMILES string of the molecule is CCCCCCC(C)(C)c1cc(O)c2c(c1)OC(C)(C)[C@@H]1CC=C(C(=O)COC)C[C@@H]21.CCCCCCC(C)(C)c1cc2c(c(O[Si](C)(C)C(C)(C)C)c1)[C@@H]1CC(C(=O)COC)=CC[C@H]1C(C)(C)O2.CCCCCCC(C)(C)c1cc2c(c(O[Si](C)(C)C(C)(C)C)c1)[C@@H]1CC(C(=O)O)=CC[C@H]1C(C)(C)O2.CO[NH3+].[Cl-]. The summed E-state index contributed by atoms with van der Waals surface area (Å²) in [5.41, 5.74) is 7.91. The van der Waals surface area contributed by atoms with Crippen LogP contribution in [-0.2, 0) is 44.9 Å². The van der Waals surface area contributed by atoms with Gasteiger partial charge in [0, 0.05) is 72.0 Å². The highest BCUT2D eigenvalue weighted by Crippen LogP contribution is 2.60. The van der Waals surface area contributed by atoms with Crippen LogP contribution >= 0.6 is 0 Å². The number of rotatable bonds is 29. The molecule has 0 amide bonds. The Balaban J connectivity index is 0.000000287. The lowest BCUT2D eigenvalue weighted by atomic mass is 9.66. The second-order valence-corrected chi connectivity index (χ2v) is 48.5. The lowest BCUT2D eigenvalue weighted by Crippen LogP contribution is -3.00. The first-order valence-electron chi connectivity index (χ1n) is 41.4. The van der Waals surface area contributed by atoms with Gasteiger partial charge < -0.3 is 55.2 Å². The molecule has 109 heavy (non-hydrogen) atoms. The molecule has 3 aliphatic heterocycles. The lowest BCUT2D eigenvalue weighted by Gasteiger charge is -2.48. The van der Waals surface area contributed by atoms with Crippen LogP contribution in [0.4, 0.5) is 0 Å². The Labute approximate surface area is 669 Å². The Morgan fingerprint density at radius 1 is 0.468 bits per heavy atom. The molecule has 6 aliphatic rings. The summed E-state index contributed by atoms with van der Waals surface area (Å²) >= 11 is 0. The summed E-state index contributed by atoms with van der Waals surface area (Å²) in [7, 11) is 0.390. The quantitative estimate of drug-likeness (QED) is 0.0338. The van der Waals surface area contributed by atoms with Gasteiger partial charge in [0.15, 0.2) is 11.6 Å². The van der Waals surface area contributed by atoms with Gasteiger partial charge in [0.1, 0.15) is 64.5 Å². The van der Waals surface area contributed by atoms with Crippen molar-refractivity contribution in [2.24, 2.45) is 17.8 Å². The molecule has 0 aromatic heterocycles. The topological polar surface area (TPSA) is 193 Å². The summed E-state index contributed by atoms with van der Waals surface area (Å²) in [4.78, 5) is 41.3. The maximum Gasteiger partial charge on any atom is 0.331 e. The molecule has 17 heteroatoms. The highest BCUT2D eigenvalue weighted by atomic mass is 35.5. The number of methoxy groups -OCH3 is 2. The number of ether oxygens (including phenoxy) is 5. The molecule has 3 aromatic carbocycles. The van der Waals surface area contributed by atoms with Crippen LogP contribution in [0.25, 0.3) is 0 Å². The van der Waals surface area contributed by atoms with Crippen LogP contribution in [-0.4, -0.2) is 95.7 Å². The Morgan fingerprint density at radius 3 is 1.05 bits per heavy atom. The maximum atomic E-state index is 12.9. The van der Waals surface area contributed by atoms with E-state index in [0.29, 0.717) is 37.0 Å². The van der Waals surface area contributed by atoms with Gasteiger partial charge in [-0.3, -0.25) is 9.59 Å². The minimum atomic E-state index is -2.14. The van der Waals surface area contributed by atoms with Gasteiger partial charge in [0.25, 0.3) is 0 Å². The predicted molar refractivity (Wildman–Crippen MR) is 448 cm³/mol. The van der Waals surface area contributed by atoms with Gasteiger partial charge in [-0.2, -0.15) is 0 Å². The zero-order valence-corrected chi connectivity index (χ0v) is 76.1. The van der Waals surface area contributed by atoms with E-state index in [1.54, 1.807) is 14.2 Å². The average Bonchev–Trinajstić information content (AvgIpc) is 0.752. The van der Waals surface area contributed by atoms with Gasteiger partial charge in [0.2, 0.25) is 16.6 Å². The minimum absolute atomic E-state index is 0. The Bertz CT molecular complexity index is 3640. The third-order valence-electron chi connectivity index (χ3n) is 26.1. The summed E-state index contributed by atoms with van der Waals surface area (Å²) in [6.45, 7) is 56.7. The number of allylic oxidation sites excluding steroid dienone is 3. The summed E-state index contributed by atoms with van der Waals surface area (Å²) in [5, 5.41) is 21.1. The number of hydrogen-bond acceptors (Lipinski definition) is 12. The van der Waals surface area contributed by atoms with Gasteiger partial charge >= 0.3 is 5.97 Å². The second kappa shape index (κ2) is 38.5. The molecule has 3 aromatic rings. The number of hydrogen-bond donors (Lipinski definition) is 3. The van der Waals surface area contributed by atoms with Crippen LogP contribution in [0.5, 0.6) is 34.5 Å². The number of quaternary nitrogens is 1. The molecule has 3 heterocycles. The van der Waals surface area contributed by atoms with E-state index in [2.05, 4.69) is 219 Å². The van der Waals surface area contributed by atoms with E-state index < -0.39 is 22.6 Å². The van der Waals surface area contributed by atoms with Crippen molar-refractivity contribution in [1.82, 2.24) is 0 Å². The van der Waals surface area contributed by atoms with Crippen LogP contribution in [0.2, 0.25) is 36.3 Å². The van der Waals surface area contributed by atoms with E-state index in [9.17, 15) is 24.6 Å². The zero-order chi connectivity index (χ0) is 81.1. The first kappa shape index (κ1) is 94.6. The van der Waals surface area contributed by atoms with Crippen molar-refractivity contribution in [1.29, 1.82) is 0 Å². The molecule has 5 N–H and O–H groups in total. The van der Waals surface area contributed by atoms with Gasteiger partial charge in [-0.25, -0.2) is 15.5 Å². The molecular weight excluding hydrogens is 1420 g/mol. The normalized spacial score (nSPS) is 21.0. The summed E-state index contributed by atoms with van der Waals surface area (Å²) in [5.74, 6) is 8.17. The molecule has 0 spiro atoms. The van der Waals surface area contributed by atoms with Crippen LogP contribution in [0.15, 0.2) is 71.3 Å². The Kier molecular flexibility index (Phi) is 33.4.